The number of hydrogen-bond donors (Lipinski definition) is 2. The van der Waals surface area contributed by atoms with Gasteiger partial charge in [0.2, 0.25) is 5.91 Å². The molecule has 158 valence electrons. The quantitative estimate of drug-likeness (QED) is 0.252. The summed E-state index contributed by atoms with van der Waals surface area (Å²) in [5.41, 5.74) is 0.845. The van der Waals surface area contributed by atoms with Gasteiger partial charge in [-0.1, -0.05) is 15.9 Å². The summed E-state index contributed by atoms with van der Waals surface area (Å²) in [6.07, 6.45) is 0. The molecule has 0 aliphatic carbocycles. The van der Waals surface area contributed by atoms with E-state index in [0.717, 1.165) is 4.90 Å². The van der Waals surface area contributed by atoms with Gasteiger partial charge in [0.05, 0.1) is 16.4 Å². The van der Waals surface area contributed by atoms with E-state index in [2.05, 4.69) is 26.6 Å². The van der Waals surface area contributed by atoms with E-state index in [0.29, 0.717) is 15.7 Å². The van der Waals surface area contributed by atoms with Crippen molar-refractivity contribution in [2.24, 2.45) is 0 Å². The summed E-state index contributed by atoms with van der Waals surface area (Å²) in [6, 6.07) is 16.5. The van der Waals surface area contributed by atoms with Gasteiger partial charge in [-0.15, -0.1) is 11.8 Å². The first-order valence-corrected chi connectivity index (χ1v) is 10.6. The highest BCUT2D eigenvalue weighted by molar-refractivity contribution is 9.10. The van der Waals surface area contributed by atoms with Gasteiger partial charge in [0.25, 0.3) is 11.6 Å². The molecule has 0 bridgehead atoms. The molecule has 0 spiro atoms. The molecule has 0 atom stereocenters. The third kappa shape index (κ3) is 6.37. The number of benzene rings is 3. The minimum absolute atomic E-state index is 0.0873. The van der Waals surface area contributed by atoms with Crippen molar-refractivity contribution in [1.82, 2.24) is 0 Å². The number of carbonyl (C=O) groups excluding carboxylic acids is 2. The van der Waals surface area contributed by atoms with Gasteiger partial charge < -0.3 is 10.6 Å². The van der Waals surface area contributed by atoms with E-state index >= 15 is 0 Å². The summed E-state index contributed by atoms with van der Waals surface area (Å²) in [5.74, 6) is -1.18. The lowest BCUT2D eigenvalue weighted by molar-refractivity contribution is -0.384. The first-order valence-electron chi connectivity index (χ1n) is 8.85. The third-order valence-electron chi connectivity index (χ3n) is 4.03. The summed E-state index contributed by atoms with van der Waals surface area (Å²) >= 11 is 4.42. The van der Waals surface area contributed by atoms with E-state index < -0.39 is 16.6 Å². The van der Waals surface area contributed by atoms with Crippen LogP contribution in [0.4, 0.5) is 21.5 Å². The number of nitro benzene ring substituents is 1. The molecule has 0 saturated heterocycles. The first-order chi connectivity index (χ1) is 14.8. The van der Waals surface area contributed by atoms with Gasteiger partial charge in [0, 0.05) is 32.8 Å². The van der Waals surface area contributed by atoms with Crippen LogP contribution in [0.3, 0.4) is 0 Å². The molecular weight excluding hydrogens is 489 g/mol. The van der Waals surface area contributed by atoms with Crippen molar-refractivity contribution < 1.29 is 18.9 Å². The van der Waals surface area contributed by atoms with Gasteiger partial charge in [-0.25, -0.2) is 4.39 Å². The van der Waals surface area contributed by atoms with Crippen molar-refractivity contribution >= 4 is 56.6 Å². The Kier molecular flexibility index (Phi) is 7.37. The second-order valence-electron chi connectivity index (χ2n) is 6.24. The minimum atomic E-state index is -0.534. The van der Waals surface area contributed by atoms with Gasteiger partial charge in [-0.05, 0) is 54.6 Å². The van der Waals surface area contributed by atoms with Gasteiger partial charge in [-0.3, -0.25) is 19.7 Å². The molecule has 0 unspecified atom stereocenters. The predicted molar refractivity (Wildman–Crippen MR) is 121 cm³/mol. The Labute approximate surface area is 189 Å². The topological polar surface area (TPSA) is 101 Å². The van der Waals surface area contributed by atoms with Crippen LogP contribution in [0.25, 0.3) is 0 Å². The van der Waals surface area contributed by atoms with Crippen molar-refractivity contribution in [2.45, 2.75) is 4.90 Å². The zero-order valence-corrected chi connectivity index (χ0v) is 18.2. The Morgan fingerprint density at radius 3 is 2.29 bits per heavy atom. The summed E-state index contributed by atoms with van der Waals surface area (Å²) in [6.45, 7) is 0. The molecule has 3 rings (SSSR count). The number of rotatable bonds is 7. The number of anilines is 2. The standard InChI is InChI=1S/C21H15BrFN3O4S/c22-14-3-10-19(18(23)11-14)25-20(27)12-31-17-8-4-15(5-9-17)24-21(28)13-1-6-16(7-2-13)26(29)30/h1-11H,12H2,(H,24,28)(H,25,27). The van der Waals surface area contributed by atoms with Crippen LogP contribution in [0.5, 0.6) is 0 Å². The van der Waals surface area contributed by atoms with Gasteiger partial charge in [-0.2, -0.15) is 0 Å². The van der Waals surface area contributed by atoms with E-state index in [9.17, 15) is 24.1 Å². The Hall–Kier alpha value is -3.24. The molecule has 0 fully saturated rings. The molecule has 10 heteroatoms. The molecule has 0 saturated carbocycles. The van der Waals surface area contributed by atoms with E-state index in [-0.39, 0.29) is 23.0 Å². The minimum Gasteiger partial charge on any atom is -0.323 e. The van der Waals surface area contributed by atoms with Crippen molar-refractivity contribution in [1.29, 1.82) is 0 Å². The van der Waals surface area contributed by atoms with E-state index in [1.165, 1.54) is 48.2 Å². The predicted octanol–water partition coefficient (Wildman–Crippen LogP) is 5.48. The average molecular weight is 504 g/mol. The fourth-order valence-corrected chi connectivity index (χ4v) is 3.53. The van der Waals surface area contributed by atoms with Crippen LogP contribution in [0, 0.1) is 15.9 Å². The monoisotopic (exact) mass is 503 g/mol. The lowest BCUT2D eigenvalue weighted by Crippen LogP contribution is -2.15. The van der Waals surface area contributed by atoms with Gasteiger partial charge >= 0.3 is 0 Å². The summed E-state index contributed by atoms with van der Waals surface area (Å²) in [5, 5.41) is 15.9. The molecule has 0 aliphatic rings. The number of non-ortho nitro benzene ring substituents is 1. The fraction of sp³-hybridized carbons (Fsp3) is 0.0476. The number of nitrogens with one attached hydrogen (secondary N) is 2. The number of nitrogens with zero attached hydrogens (tertiary/aromatic N) is 1. The molecule has 2 N–H and O–H groups in total. The highest BCUT2D eigenvalue weighted by atomic mass is 79.9. The lowest BCUT2D eigenvalue weighted by Gasteiger charge is -2.08. The van der Waals surface area contributed by atoms with Crippen molar-refractivity contribution in [3.8, 4) is 0 Å². The highest BCUT2D eigenvalue weighted by Crippen LogP contribution is 2.23. The smallest absolute Gasteiger partial charge is 0.269 e. The van der Waals surface area contributed by atoms with E-state index in [4.69, 9.17) is 0 Å². The second-order valence-corrected chi connectivity index (χ2v) is 8.21. The molecule has 0 radical (unpaired) electrons. The molecule has 0 aromatic heterocycles. The zero-order chi connectivity index (χ0) is 22.4. The summed E-state index contributed by atoms with van der Waals surface area (Å²) in [4.78, 5) is 35.2. The van der Waals surface area contributed by atoms with Crippen molar-refractivity contribution in [3.63, 3.8) is 0 Å². The normalized spacial score (nSPS) is 10.4. The van der Waals surface area contributed by atoms with Crippen LogP contribution in [0.1, 0.15) is 10.4 Å². The maximum Gasteiger partial charge on any atom is 0.269 e. The highest BCUT2D eigenvalue weighted by Gasteiger charge is 2.11. The zero-order valence-electron chi connectivity index (χ0n) is 15.8. The molecule has 3 aromatic carbocycles. The van der Waals surface area contributed by atoms with Crippen LogP contribution in [-0.4, -0.2) is 22.5 Å². The van der Waals surface area contributed by atoms with Crippen molar-refractivity contribution in [2.75, 3.05) is 16.4 Å². The summed E-state index contributed by atoms with van der Waals surface area (Å²) < 4.78 is 14.4. The number of halogens is 2. The van der Waals surface area contributed by atoms with Crippen LogP contribution >= 0.6 is 27.7 Å². The van der Waals surface area contributed by atoms with E-state index in [1.54, 1.807) is 30.3 Å². The van der Waals surface area contributed by atoms with Crippen LogP contribution in [-0.2, 0) is 4.79 Å². The SMILES string of the molecule is O=C(CSc1ccc(NC(=O)c2ccc([N+](=O)[O-])cc2)cc1)Nc1ccc(Br)cc1F. The van der Waals surface area contributed by atoms with Crippen molar-refractivity contribution in [3.05, 3.63) is 92.7 Å². The van der Waals surface area contributed by atoms with Gasteiger partial charge in [0.1, 0.15) is 5.82 Å². The first kappa shape index (κ1) is 22.4. The van der Waals surface area contributed by atoms with Crippen LogP contribution < -0.4 is 10.6 Å². The average Bonchev–Trinajstić information content (AvgIpc) is 2.75. The molecule has 7 nitrogen and oxygen atoms in total. The Balaban J connectivity index is 1.52. The second kappa shape index (κ2) is 10.2. The molecule has 0 heterocycles. The number of carbonyl (C=O) groups is 2. The fourth-order valence-electron chi connectivity index (χ4n) is 2.50. The Morgan fingerprint density at radius 2 is 1.68 bits per heavy atom. The van der Waals surface area contributed by atoms with E-state index in [1.807, 2.05) is 0 Å². The lowest BCUT2D eigenvalue weighted by atomic mass is 10.2. The molecule has 3 aromatic rings. The Bertz CT molecular complexity index is 1120. The van der Waals surface area contributed by atoms with Gasteiger partial charge in [0.15, 0.2) is 0 Å². The maximum absolute atomic E-state index is 13.8. The molecule has 31 heavy (non-hydrogen) atoms. The Morgan fingerprint density at radius 1 is 1.00 bits per heavy atom. The third-order valence-corrected chi connectivity index (χ3v) is 5.53. The number of thioether (sulfide) groups is 1. The molecule has 0 aliphatic heterocycles. The number of amides is 2. The summed E-state index contributed by atoms with van der Waals surface area (Å²) in [7, 11) is 0. The molecular formula is C21H15BrFN3O4S. The van der Waals surface area contributed by atoms with Crippen LogP contribution in [0.2, 0.25) is 0 Å². The van der Waals surface area contributed by atoms with Crippen LogP contribution in [0.15, 0.2) is 76.1 Å². The molecule has 2 amide bonds. The largest absolute Gasteiger partial charge is 0.323 e. The number of hydrogen-bond acceptors (Lipinski definition) is 5. The maximum atomic E-state index is 13.8. The number of nitro groups is 1.